The van der Waals surface area contributed by atoms with Gasteiger partial charge in [0.1, 0.15) is 0 Å². The summed E-state index contributed by atoms with van der Waals surface area (Å²) in [5, 5.41) is 0. The van der Waals surface area contributed by atoms with Crippen LogP contribution in [0.15, 0.2) is 66.2 Å². The molecule has 2 aliphatic rings. The fraction of sp³-hybridized carbons (Fsp3) is 0.323. The van der Waals surface area contributed by atoms with E-state index in [1.807, 2.05) is 24.3 Å². The Morgan fingerprint density at radius 1 is 0.848 bits per heavy atom. The fourth-order valence-electron chi connectivity index (χ4n) is 5.45. The molecule has 5 rings (SSSR count). The minimum Gasteiger partial charge on any atom is -0.398 e. The molecule has 2 nitrogen and oxygen atoms in total. The number of rotatable bonds is 4. The third kappa shape index (κ3) is 3.93. The van der Waals surface area contributed by atoms with E-state index in [4.69, 9.17) is 5.73 Å². The van der Waals surface area contributed by atoms with Crippen molar-refractivity contribution in [3.8, 4) is 11.1 Å². The summed E-state index contributed by atoms with van der Waals surface area (Å²) in [7, 11) is 0. The molecule has 0 radical (unpaired) electrons. The molecule has 168 valence electrons. The molecule has 0 heterocycles. The highest BCUT2D eigenvalue weighted by Crippen LogP contribution is 2.47. The molecular weight excluding hydrogens is 402 g/mol. The highest BCUT2D eigenvalue weighted by Gasteiger charge is 2.37. The molecule has 2 aliphatic carbocycles. The van der Waals surface area contributed by atoms with Crippen LogP contribution in [0.2, 0.25) is 0 Å². The zero-order valence-electron chi connectivity index (χ0n) is 20.2. The first kappa shape index (κ1) is 21.7. The largest absolute Gasteiger partial charge is 0.398 e. The Hall–Kier alpha value is -3.13. The molecule has 0 saturated heterocycles. The molecule has 0 aromatic heterocycles. The molecule has 33 heavy (non-hydrogen) atoms. The average molecular weight is 436 g/mol. The zero-order chi connectivity index (χ0) is 23.4. The van der Waals surface area contributed by atoms with Gasteiger partial charge in [-0.1, -0.05) is 82.3 Å². The number of allylic oxidation sites excluding steroid dienone is 1. The van der Waals surface area contributed by atoms with Crippen LogP contribution in [-0.2, 0) is 28.5 Å². The smallest absolute Gasteiger partial charge is 0.163 e. The van der Waals surface area contributed by atoms with Gasteiger partial charge < -0.3 is 5.73 Å². The van der Waals surface area contributed by atoms with Crippen LogP contribution in [0, 0.1) is 0 Å². The molecule has 3 aromatic carbocycles. The summed E-state index contributed by atoms with van der Waals surface area (Å²) in [5.41, 5.74) is 16.8. The fourth-order valence-corrected chi connectivity index (χ4v) is 5.45. The van der Waals surface area contributed by atoms with Crippen LogP contribution >= 0.6 is 0 Å². The quantitative estimate of drug-likeness (QED) is 0.447. The maximum absolute atomic E-state index is 13.0. The number of para-hydroxylation sites is 1. The molecule has 2 N–H and O–H groups in total. The number of nitrogen functional groups attached to an aromatic ring is 1. The van der Waals surface area contributed by atoms with Crippen LogP contribution in [0.5, 0.6) is 0 Å². The Morgan fingerprint density at radius 3 is 2.27 bits per heavy atom. The molecule has 3 aromatic rings. The predicted octanol–water partition coefficient (Wildman–Crippen LogP) is 7.04. The number of carbonyl (C=O) groups is 1. The van der Waals surface area contributed by atoms with E-state index in [1.54, 1.807) is 0 Å². The molecule has 0 aliphatic heterocycles. The molecule has 0 amide bonds. The first-order valence-corrected chi connectivity index (χ1v) is 12.0. The second kappa shape index (κ2) is 7.73. The van der Waals surface area contributed by atoms with E-state index >= 15 is 0 Å². The minimum atomic E-state index is 0.156. The normalized spacial score (nSPS) is 17.8. The van der Waals surface area contributed by atoms with E-state index in [2.05, 4.69) is 70.2 Å². The summed E-state index contributed by atoms with van der Waals surface area (Å²) >= 11 is 0. The number of hydrogen-bond acceptors (Lipinski definition) is 2. The topological polar surface area (TPSA) is 43.1 Å². The summed E-state index contributed by atoms with van der Waals surface area (Å²) in [6.07, 6.45) is 5.54. The van der Waals surface area contributed by atoms with E-state index in [-0.39, 0.29) is 16.6 Å². The molecular formula is C31H33NO. The van der Waals surface area contributed by atoms with Gasteiger partial charge >= 0.3 is 0 Å². The maximum atomic E-state index is 13.0. The van der Waals surface area contributed by atoms with Crippen molar-refractivity contribution in [2.75, 3.05) is 5.73 Å². The minimum absolute atomic E-state index is 0.156. The number of nitrogens with two attached hydrogens (primary N) is 1. The highest BCUT2D eigenvalue weighted by molar-refractivity contribution is 6.03. The Morgan fingerprint density at radius 2 is 1.52 bits per heavy atom. The predicted molar refractivity (Wildman–Crippen MR) is 138 cm³/mol. The van der Waals surface area contributed by atoms with Crippen molar-refractivity contribution >= 4 is 17.5 Å². The van der Waals surface area contributed by atoms with E-state index in [1.165, 1.54) is 40.7 Å². The number of Topliss-reactive ketones (excluding diaryl/α,β-unsaturated/α-hetero) is 1. The number of fused-ring (bicyclic) bond motifs is 2. The lowest BCUT2D eigenvalue weighted by molar-refractivity contribution is -0.114. The van der Waals surface area contributed by atoms with Crippen molar-refractivity contribution in [1.29, 1.82) is 0 Å². The van der Waals surface area contributed by atoms with Crippen molar-refractivity contribution in [1.82, 2.24) is 0 Å². The van der Waals surface area contributed by atoms with Crippen LogP contribution in [0.4, 0.5) is 5.69 Å². The Bertz CT molecular complexity index is 1290. The summed E-state index contributed by atoms with van der Waals surface area (Å²) in [6, 6.07) is 21.3. The van der Waals surface area contributed by atoms with Gasteiger partial charge in [-0.3, -0.25) is 4.79 Å². The van der Waals surface area contributed by atoms with Crippen molar-refractivity contribution in [2.24, 2.45) is 0 Å². The lowest BCUT2D eigenvalue weighted by Crippen LogP contribution is -2.33. The lowest BCUT2D eigenvalue weighted by atomic mass is 9.63. The first-order chi connectivity index (χ1) is 15.6. The standard InChI is InChI=1S/C31H33NO/c1-30(2)13-14-31(3,4)27-18-22(11-12-26(27)30)20-9-10-21-16-25(17-24(21)15-20)29(33)19-23-7-5-6-8-28(23)32/h5-12,15-16,18H,13-14,17,19,32H2,1-4H3. The highest BCUT2D eigenvalue weighted by atomic mass is 16.1. The van der Waals surface area contributed by atoms with Gasteiger partial charge in [0.2, 0.25) is 0 Å². The van der Waals surface area contributed by atoms with Crippen LogP contribution in [-0.4, -0.2) is 5.78 Å². The van der Waals surface area contributed by atoms with Gasteiger partial charge in [0.05, 0.1) is 0 Å². The third-order valence-corrected chi connectivity index (χ3v) is 7.80. The Kier molecular flexibility index (Phi) is 5.08. The summed E-state index contributed by atoms with van der Waals surface area (Å²) < 4.78 is 0. The summed E-state index contributed by atoms with van der Waals surface area (Å²) in [6.45, 7) is 9.47. The van der Waals surface area contributed by atoms with Crippen molar-refractivity contribution in [3.05, 3.63) is 94.1 Å². The average Bonchev–Trinajstić information content (AvgIpc) is 3.22. The Balaban J connectivity index is 1.41. The van der Waals surface area contributed by atoms with Gasteiger partial charge in [0, 0.05) is 24.1 Å². The molecule has 0 bridgehead atoms. The van der Waals surface area contributed by atoms with E-state index in [0.29, 0.717) is 18.5 Å². The van der Waals surface area contributed by atoms with Crippen molar-refractivity contribution in [3.63, 3.8) is 0 Å². The number of benzene rings is 3. The van der Waals surface area contributed by atoms with Gasteiger partial charge in [-0.15, -0.1) is 0 Å². The third-order valence-electron chi connectivity index (χ3n) is 7.80. The van der Waals surface area contributed by atoms with Gasteiger partial charge in [-0.2, -0.15) is 0 Å². The number of anilines is 1. The van der Waals surface area contributed by atoms with E-state index in [9.17, 15) is 4.79 Å². The molecule has 0 saturated carbocycles. The van der Waals surface area contributed by atoms with Crippen molar-refractivity contribution in [2.45, 2.75) is 64.2 Å². The van der Waals surface area contributed by atoms with Crippen LogP contribution in [0.1, 0.15) is 68.4 Å². The van der Waals surface area contributed by atoms with E-state index in [0.717, 1.165) is 16.7 Å². The van der Waals surface area contributed by atoms with E-state index < -0.39 is 0 Å². The number of carbonyl (C=O) groups excluding carboxylic acids is 1. The molecule has 0 atom stereocenters. The zero-order valence-corrected chi connectivity index (χ0v) is 20.2. The lowest BCUT2D eigenvalue weighted by Gasteiger charge is -2.42. The summed E-state index contributed by atoms with van der Waals surface area (Å²) in [5.74, 6) is 0.156. The molecule has 0 spiro atoms. The monoisotopic (exact) mass is 435 g/mol. The first-order valence-electron chi connectivity index (χ1n) is 12.0. The molecule has 0 fully saturated rings. The number of ketones is 1. The molecule has 2 heteroatoms. The second-order valence-corrected chi connectivity index (χ2v) is 11.1. The van der Waals surface area contributed by atoms with Gasteiger partial charge in [0.15, 0.2) is 5.78 Å². The molecule has 0 unspecified atom stereocenters. The van der Waals surface area contributed by atoms with Gasteiger partial charge in [0.25, 0.3) is 0 Å². The van der Waals surface area contributed by atoms with Crippen LogP contribution in [0.3, 0.4) is 0 Å². The maximum Gasteiger partial charge on any atom is 0.163 e. The van der Waals surface area contributed by atoms with Crippen LogP contribution < -0.4 is 5.73 Å². The SMILES string of the molecule is CC1(C)CCC(C)(C)c2cc(-c3ccc4c(c3)CC(C(=O)Cc3ccccc3N)=C4)ccc21. The van der Waals surface area contributed by atoms with Gasteiger partial charge in [-0.05, 0) is 74.8 Å². The summed E-state index contributed by atoms with van der Waals surface area (Å²) in [4.78, 5) is 13.0. The Labute approximate surface area is 197 Å². The number of hydrogen-bond donors (Lipinski definition) is 1. The van der Waals surface area contributed by atoms with Gasteiger partial charge in [-0.25, -0.2) is 0 Å². The second-order valence-electron chi connectivity index (χ2n) is 11.1. The van der Waals surface area contributed by atoms with Crippen LogP contribution in [0.25, 0.3) is 17.2 Å². The van der Waals surface area contributed by atoms with Crippen molar-refractivity contribution < 1.29 is 4.79 Å².